The van der Waals surface area contributed by atoms with Crippen molar-refractivity contribution in [3.8, 4) is 5.75 Å². The fourth-order valence-corrected chi connectivity index (χ4v) is 5.76. The van der Waals surface area contributed by atoms with E-state index in [9.17, 15) is 22.3 Å². The molecule has 168 valence electrons. The first-order valence-electron chi connectivity index (χ1n) is 10.4. The lowest BCUT2D eigenvalue weighted by molar-refractivity contribution is 0.204. The number of benzene rings is 3. The third kappa shape index (κ3) is 4.76. The molecule has 1 N–H and O–H groups in total. The maximum absolute atomic E-state index is 13.5. The first-order chi connectivity index (χ1) is 15.3. The molecule has 1 aliphatic rings. The number of phenols is 1. The van der Waals surface area contributed by atoms with Gasteiger partial charge in [-0.05, 0) is 67.4 Å². The minimum atomic E-state index is -3.98. The summed E-state index contributed by atoms with van der Waals surface area (Å²) in [4.78, 5) is 2.15. The van der Waals surface area contributed by atoms with Gasteiger partial charge in [-0.1, -0.05) is 18.2 Å². The Hall–Kier alpha value is -2.97. The van der Waals surface area contributed by atoms with Crippen LogP contribution < -0.4 is 4.31 Å². The number of hydrogen-bond acceptors (Lipinski definition) is 4. The molecule has 3 aromatic rings. The Morgan fingerprint density at radius 1 is 0.875 bits per heavy atom. The summed E-state index contributed by atoms with van der Waals surface area (Å²) in [5.41, 5.74) is 1.19. The van der Waals surface area contributed by atoms with E-state index in [1.807, 2.05) is 12.1 Å². The van der Waals surface area contributed by atoms with Crippen LogP contribution in [0.3, 0.4) is 0 Å². The fourth-order valence-electron chi connectivity index (χ4n) is 4.05. The summed E-state index contributed by atoms with van der Waals surface area (Å²) >= 11 is 0. The minimum absolute atomic E-state index is 0.0140. The third-order valence-electron chi connectivity index (χ3n) is 5.73. The SMILES string of the molecule is O=S(=O)(c1ccc(F)cc1)N(c1ccc(F)cc1)C1CCN(Cc2ccccc2O)CC1. The number of likely N-dealkylation sites (tertiary alicyclic amines) is 1. The molecule has 0 atom stereocenters. The Morgan fingerprint density at radius 3 is 2.03 bits per heavy atom. The number of sulfonamides is 1. The van der Waals surface area contributed by atoms with E-state index < -0.39 is 21.7 Å². The Morgan fingerprint density at radius 2 is 1.44 bits per heavy atom. The zero-order chi connectivity index (χ0) is 22.7. The van der Waals surface area contributed by atoms with E-state index >= 15 is 0 Å². The van der Waals surface area contributed by atoms with Crippen molar-refractivity contribution in [1.82, 2.24) is 4.90 Å². The van der Waals surface area contributed by atoms with Gasteiger partial charge in [-0.15, -0.1) is 0 Å². The molecular weight excluding hydrogens is 434 g/mol. The molecule has 1 aliphatic heterocycles. The average Bonchev–Trinajstić information content (AvgIpc) is 2.78. The van der Waals surface area contributed by atoms with Crippen molar-refractivity contribution in [2.75, 3.05) is 17.4 Å². The highest BCUT2D eigenvalue weighted by molar-refractivity contribution is 7.92. The number of rotatable bonds is 6. The van der Waals surface area contributed by atoms with E-state index in [0.29, 0.717) is 38.2 Å². The van der Waals surface area contributed by atoms with Crippen molar-refractivity contribution >= 4 is 15.7 Å². The van der Waals surface area contributed by atoms with Crippen LogP contribution in [0.4, 0.5) is 14.5 Å². The number of hydrogen-bond donors (Lipinski definition) is 1. The highest BCUT2D eigenvalue weighted by Gasteiger charge is 2.34. The van der Waals surface area contributed by atoms with E-state index in [-0.39, 0.29) is 16.7 Å². The van der Waals surface area contributed by atoms with Crippen LogP contribution in [0.5, 0.6) is 5.75 Å². The van der Waals surface area contributed by atoms with Crippen LogP contribution in [-0.4, -0.2) is 37.6 Å². The molecule has 8 heteroatoms. The van der Waals surface area contributed by atoms with Crippen molar-refractivity contribution in [3.05, 3.63) is 90.0 Å². The third-order valence-corrected chi connectivity index (χ3v) is 7.62. The number of halogens is 2. The number of nitrogens with zero attached hydrogens (tertiary/aromatic N) is 2. The summed E-state index contributed by atoms with van der Waals surface area (Å²) < 4.78 is 55.2. The number of anilines is 1. The van der Waals surface area contributed by atoms with Crippen molar-refractivity contribution in [1.29, 1.82) is 0 Å². The molecule has 4 rings (SSSR count). The second-order valence-electron chi connectivity index (χ2n) is 7.87. The minimum Gasteiger partial charge on any atom is -0.508 e. The molecule has 3 aromatic carbocycles. The highest BCUT2D eigenvalue weighted by atomic mass is 32.2. The van der Waals surface area contributed by atoms with Crippen LogP contribution in [0.25, 0.3) is 0 Å². The molecular formula is C24H24F2N2O3S. The molecule has 0 amide bonds. The first-order valence-corrected chi connectivity index (χ1v) is 11.8. The lowest BCUT2D eigenvalue weighted by Gasteiger charge is -2.39. The molecule has 1 heterocycles. The molecule has 32 heavy (non-hydrogen) atoms. The van der Waals surface area contributed by atoms with Crippen molar-refractivity contribution in [3.63, 3.8) is 0 Å². The number of para-hydroxylation sites is 1. The van der Waals surface area contributed by atoms with Gasteiger partial charge in [-0.3, -0.25) is 9.21 Å². The normalized spacial score (nSPS) is 15.6. The summed E-state index contributed by atoms with van der Waals surface area (Å²) in [6.45, 7) is 1.84. The van der Waals surface area contributed by atoms with E-state index in [0.717, 1.165) is 17.7 Å². The zero-order valence-electron chi connectivity index (χ0n) is 17.4. The Labute approximate surface area is 186 Å². The van der Waals surface area contributed by atoms with Gasteiger partial charge in [0, 0.05) is 31.2 Å². The van der Waals surface area contributed by atoms with E-state index in [1.165, 1.54) is 40.7 Å². The van der Waals surface area contributed by atoms with Crippen LogP contribution in [-0.2, 0) is 16.6 Å². The number of phenolic OH excluding ortho intramolecular Hbond substituents is 1. The fraction of sp³-hybridized carbons (Fsp3) is 0.250. The Kier molecular flexibility index (Phi) is 6.43. The van der Waals surface area contributed by atoms with Gasteiger partial charge in [0.15, 0.2) is 0 Å². The van der Waals surface area contributed by atoms with E-state index in [1.54, 1.807) is 12.1 Å². The summed E-state index contributed by atoms with van der Waals surface area (Å²) in [5, 5.41) is 10.0. The van der Waals surface area contributed by atoms with Crippen molar-refractivity contribution in [2.45, 2.75) is 30.3 Å². The standard InChI is InChI=1S/C24H24F2N2O3S/c25-19-5-9-21(10-6-19)28(32(30,31)23-11-7-20(26)8-12-23)22-13-15-27(16-14-22)17-18-3-1-2-4-24(18)29/h1-12,22,29H,13-17H2. The molecule has 5 nitrogen and oxygen atoms in total. The molecule has 0 radical (unpaired) electrons. The van der Waals surface area contributed by atoms with Gasteiger partial charge in [-0.2, -0.15) is 0 Å². The second-order valence-corrected chi connectivity index (χ2v) is 9.68. The van der Waals surface area contributed by atoms with E-state index in [4.69, 9.17) is 0 Å². The quantitative estimate of drug-likeness (QED) is 0.590. The number of aromatic hydroxyl groups is 1. The molecule has 1 fully saturated rings. The lowest BCUT2D eigenvalue weighted by atomic mass is 10.0. The van der Waals surface area contributed by atoms with Gasteiger partial charge in [-0.25, -0.2) is 17.2 Å². The van der Waals surface area contributed by atoms with Crippen LogP contribution >= 0.6 is 0 Å². The molecule has 0 aliphatic carbocycles. The van der Waals surface area contributed by atoms with E-state index in [2.05, 4.69) is 4.90 Å². The van der Waals surface area contributed by atoms with Gasteiger partial charge < -0.3 is 5.11 Å². The van der Waals surface area contributed by atoms with Crippen molar-refractivity contribution < 1.29 is 22.3 Å². The van der Waals surface area contributed by atoms with Gasteiger partial charge in [0.25, 0.3) is 10.0 Å². The zero-order valence-corrected chi connectivity index (χ0v) is 18.2. The lowest BCUT2D eigenvalue weighted by Crippen LogP contribution is -2.47. The van der Waals surface area contributed by atoms with Crippen LogP contribution in [0.1, 0.15) is 18.4 Å². The summed E-state index contributed by atoms with van der Waals surface area (Å²) in [7, 11) is -3.98. The molecule has 0 saturated carbocycles. The smallest absolute Gasteiger partial charge is 0.264 e. The van der Waals surface area contributed by atoms with Gasteiger partial charge in [0.1, 0.15) is 17.4 Å². The molecule has 1 saturated heterocycles. The average molecular weight is 459 g/mol. The Balaban J connectivity index is 1.58. The van der Waals surface area contributed by atoms with Crippen LogP contribution in [0, 0.1) is 11.6 Å². The van der Waals surface area contributed by atoms with Crippen molar-refractivity contribution in [2.24, 2.45) is 0 Å². The van der Waals surface area contributed by atoms with Gasteiger partial charge >= 0.3 is 0 Å². The summed E-state index contributed by atoms with van der Waals surface area (Å²) in [6, 6.07) is 16.9. The maximum Gasteiger partial charge on any atom is 0.264 e. The predicted molar refractivity (Wildman–Crippen MR) is 119 cm³/mol. The van der Waals surface area contributed by atoms with Gasteiger partial charge in [0.2, 0.25) is 0 Å². The molecule has 0 bridgehead atoms. The van der Waals surface area contributed by atoms with Crippen LogP contribution in [0.2, 0.25) is 0 Å². The topological polar surface area (TPSA) is 60.9 Å². The second kappa shape index (κ2) is 9.26. The molecule has 0 unspecified atom stereocenters. The maximum atomic E-state index is 13.5. The highest BCUT2D eigenvalue weighted by Crippen LogP contribution is 2.31. The number of piperidine rings is 1. The van der Waals surface area contributed by atoms with Gasteiger partial charge in [0.05, 0.1) is 10.6 Å². The Bertz CT molecular complexity index is 1160. The largest absolute Gasteiger partial charge is 0.508 e. The summed E-state index contributed by atoms with van der Waals surface area (Å²) in [6.07, 6.45) is 1.12. The summed E-state index contributed by atoms with van der Waals surface area (Å²) in [5.74, 6) is -0.735. The molecule has 0 spiro atoms. The van der Waals surface area contributed by atoms with Crippen LogP contribution in [0.15, 0.2) is 77.7 Å². The first kappa shape index (κ1) is 22.2. The predicted octanol–water partition coefficient (Wildman–Crippen LogP) is 4.53. The molecule has 0 aromatic heterocycles. The monoisotopic (exact) mass is 458 g/mol.